The van der Waals surface area contributed by atoms with E-state index in [-0.39, 0.29) is 12.1 Å². The molecule has 15 heavy (non-hydrogen) atoms. The minimum absolute atomic E-state index is 0.0192. The lowest BCUT2D eigenvalue weighted by Gasteiger charge is -2.17. The minimum atomic E-state index is -1.00. The summed E-state index contributed by atoms with van der Waals surface area (Å²) >= 11 is 0. The second-order valence-electron chi connectivity index (χ2n) is 3.79. The number of rotatable bonds is 3. The van der Waals surface area contributed by atoms with Crippen LogP contribution in [-0.2, 0) is 0 Å². The molecule has 1 aromatic rings. The van der Waals surface area contributed by atoms with Gasteiger partial charge in [0.2, 0.25) is 0 Å². The molecule has 0 aliphatic heterocycles. The van der Waals surface area contributed by atoms with E-state index in [2.05, 4.69) is 15.5 Å². The Kier molecular flexibility index (Phi) is 3.21. The molecular formula is C9H13N3O3. The smallest absolute Gasteiger partial charge is 0.277 e. The van der Waals surface area contributed by atoms with Crippen LogP contribution in [0.3, 0.4) is 0 Å². The molecule has 0 saturated carbocycles. The molecule has 0 aliphatic rings. The number of hydrogen-bond donors (Lipinski definition) is 3. The van der Waals surface area contributed by atoms with Gasteiger partial charge in [0.15, 0.2) is 0 Å². The Morgan fingerprint density at radius 2 is 2.33 bits per heavy atom. The highest BCUT2D eigenvalue weighted by atomic mass is 16.3. The minimum Gasteiger partial charge on any atom is -0.389 e. The molecule has 1 aromatic heterocycles. The van der Waals surface area contributed by atoms with Gasteiger partial charge in [0.25, 0.3) is 11.5 Å². The number of carbonyl (C=O) groups excluding carboxylic acids is 1. The van der Waals surface area contributed by atoms with Gasteiger partial charge >= 0.3 is 0 Å². The van der Waals surface area contributed by atoms with Crippen LogP contribution in [0.5, 0.6) is 0 Å². The average Bonchev–Trinajstić information content (AvgIpc) is 2.14. The lowest BCUT2D eigenvalue weighted by atomic mass is 10.1. The van der Waals surface area contributed by atoms with Gasteiger partial charge in [-0.3, -0.25) is 9.59 Å². The first-order valence-electron chi connectivity index (χ1n) is 4.44. The number of aromatic nitrogens is 2. The van der Waals surface area contributed by atoms with Crippen molar-refractivity contribution in [3.05, 3.63) is 28.2 Å². The normalized spacial score (nSPS) is 11.1. The van der Waals surface area contributed by atoms with Gasteiger partial charge in [-0.1, -0.05) is 0 Å². The zero-order valence-electron chi connectivity index (χ0n) is 8.57. The van der Waals surface area contributed by atoms with Gasteiger partial charge in [-0.2, -0.15) is 5.10 Å². The summed E-state index contributed by atoms with van der Waals surface area (Å²) in [5.74, 6) is -0.527. The topological polar surface area (TPSA) is 95.1 Å². The zero-order chi connectivity index (χ0) is 11.5. The molecule has 1 rings (SSSR count). The van der Waals surface area contributed by atoms with E-state index in [1.54, 1.807) is 13.8 Å². The van der Waals surface area contributed by atoms with E-state index >= 15 is 0 Å². The Labute approximate surface area is 86.3 Å². The van der Waals surface area contributed by atoms with Crippen molar-refractivity contribution >= 4 is 5.91 Å². The van der Waals surface area contributed by atoms with Crippen LogP contribution in [0.15, 0.2) is 17.1 Å². The summed E-state index contributed by atoms with van der Waals surface area (Å²) in [6.45, 7) is 3.20. The van der Waals surface area contributed by atoms with E-state index in [9.17, 15) is 14.7 Å². The monoisotopic (exact) mass is 211 g/mol. The van der Waals surface area contributed by atoms with Crippen LogP contribution in [0, 0.1) is 0 Å². The molecule has 0 aliphatic carbocycles. The molecular weight excluding hydrogens is 198 g/mol. The fraction of sp³-hybridized carbons (Fsp3) is 0.444. The maximum Gasteiger partial charge on any atom is 0.277 e. The Balaban J connectivity index is 2.71. The Morgan fingerprint density at radius 3 is 2.87 bits per heavy atom. The van der Waals surface area contributed by atoms with E-state index in [1.165, 1.54) is 12.3 Å². The number of nitrogens with zero attached hydrogens (tertiary/aromatic N) is 1. The Hall–Kier alpha value is -1.69. The van der Waals surface area contributed by atoms with Gasteiger partial charge in [0.05, 0.1) is 5.60 Å². The second-order valence-corrected chi connectivity index (χ2v) is 3.79. The van der Waals surface area contributed by atoms with Crippen molar-refractivity contribution in [1.82, 2.24) is 15.5 Å². The third-order valence-electron chi connectivity index (χ3n) is 1.65. The van der Waals surface area contributed by atoms with Crippen LogP contribution in [0.1, 0.15) is 24.2 Å². The molecule has 6 heteroatoms. The number of H-pyrrole nitrogens is 1. The summed E-state index contributed by atoms with van der Waals surface area (Å²) in [5, 5.41) is 17.4. The number of hydrogen-bond acceptors (Lipinski definition) is 4. The van der Waals surface area contributed by atoms with Gasteiger partial charge in [-0.05, 0) is 19.9 Å². The Bertz CT molecular complexity index is 406. The number of aromatic amines is 1. The summed E-state index contributed by atoms with van der Waals surface area (Å²) in [6.07, 6.45) is 1.32. The third-order valence-corrected chi connectivity index (χ3v) is 1.65. The van der Waals surface area contributed by atoms with Crippen molar-refractivity contribution in [3.63, 3.8) is 0 Å². The van der Waals surface area contributed by atoms with Gasteiger partial charge in [-0.15, -0.1) is 0 Å². The van der Waals surface area contributed by atoms with E-state index in [0.717, 1.165) is 0 Å². The first-order chi connectivity index (χ1) is 6.90. The molecule has 1 heterocycles. The van der Waals surface area contributed by atoms with Gasteiger partial charge in [0, 0.05) is 12.7 Å². The molecule has 0 saturated heterocycles. The molecule has 0 fully saturated rings. The fourth-order valence-corrected chi connectivity index (χ4v) is 0.914. The van der Waals surface area contributed by atoms with Crippen LogP contribution in [-0.4, -0.2) is 33.4 Å². The highest BCUT2D eigenvalue weighted by molar-refractivity contribution is 5.93. The number of aliphatic hydroxyl groups is 1. The quantitative estimate of drug-likeness (QED) is 0.614. The molecule has 3 N–H and O–H groups in total. The third kappa shape index (κ3) is 3.51. The standard InChI is InChI=1S/C9H13N3O3/c1-9(2,15)5-10-7(13)6-3-4-11-12-8(6)14/h3-4,15H,5H2,1-2H3,(H,10,13)(H,12,14). The average molecular weight is 211 g/mol. The number of amides is 1. The molecule has 0 aromatic carbocycles. The van der Waals surface area contributed by atoms with Crippen molar-refractivity contribution in [1.29, 1.82) is 0 Å². The molecule has 82 valence electrons. The fourth-order valence-electron chi connectivity index (χ4n) is 0.914. The van der Waals surface area contributed by atoms with E-state index < -0.39 is 17.1 Å². The Morgan fingerprint density at radius 1 is 1.67 bits per heavy atom. The van der Waals surface area contributed by atoms with Gasteiger partial charge in [-0.25, -0.2) is 5.10 Å². The summed E-state index contributed by atoms with van der Waals surface area (Å²) < 4.78 is 0. The predicted molar refractivity (Wildman–Crippen MR) is 53.5 cm³/mol. The highest BCUT2D eigenvalue weighted by Crippen LogP contribution is 1.98. The molecule has 0 bridgehead atoms. The lowest BCUT2D eigenvalue weighted by Crippen LogP contribution is -2.39. The van der Waals surface area contributed by atoms with E-state index in [0.29, 0.717) is 0 Å². The van der Waals surface area contributed by atoms with Crippen LogP contribution >= 0.6 is 0 Å². The van der Waals surface area contributed by atoms with Crippen molar-refractivity contribution in [3.8, 4) is 0 Å². The molecule has 1 amide bonds. The van der Waals surface area contributed by atoms with Crippen LogP contribution in [0.4, 0.5) is 0 Å². The molecule has 0 unspecified atom stereocenters. The maximum absolute atomic E-state index is 11.4. The largest absolute Gasteiger partial charge is 0.389 e. The molecule has 0 spiro atoms. The summed E-state index contributed by atoms with van der Waals surface area (Å²) in [6, 6.07) is 1.32. The first kappa shape index (κ1) is 11.4. The van der Waals surface area contributed by atoms with Crippen LogP contribution in [0.2, 0.25) is 0 Å². The summed E-state index contributed by atoms with van der Waals surface area (Å²) in [4.78, 5) is 22.6. The molecule has 0 atom stereocenters. The van der Waals surface area contributed by atoms with Crippen LogP contribution in [0.25, 0.3) is 0 Å². The van der Waals surface area contributed by atoms with Crippen molar-refractivity contribution in [2.24, 2.45) is 0 Å². The molecule has 0 radical (unpaired) electrons. The van der Waals surface area contributed by atoms with Gasteiger partial charge in [0.1, 0.15) is 5.56 Å². The highest BCUT2D eigenvalue weighted by Gasteiger charge is 2.16. The maximum atomic E-state index is 11.4. The number of nitrogens with one attached hydrogen (secondary N) is 2. The predicted octanol–water partition coefficient (Wildman–Crippen LogP) is -0.729. The van der Waals surface area contributed by atoms with Gasteiger partial charge < -0.3 is 10.4 Å². The van der Waals surface area contributed by atoms with E-state index in [4.69, 9.17) is 0 Å². The SMILES string of the molecule is CC(C)(O)CNC(=O)c1ccn[nH]c1=O. The lowest BCUT2D eigenvalue weighted by molar-refractivity contribution is 0.0693. The van der Waals surface area contributed by atoms with Crippen molar-refractivity contribution < 1.29 is 9.90 Å². The van der Waals surface area contributed by atoms with E-state index in [1.807, 2.05) is 0 Å². The number of carbonyl (C=O) groups is 1. The molecule has 6 nitrogen and oxygen atoms in total. The summed E-state index contributed by atoms with van der Waals surface area (Å²) in [7, 11) is 0. The zero-order valence-corrected chi connectivity index (χ0v) is 8.57. The first-order valence-corrected chi connectivity index (χ1v) is 4.44. The van der Waals surface area contributed by atoms with Crippen molar-refractivity contribution in [2.45, 2.75) is 19.4 Å². The second kappa shape index (κ2) is 4.22. The summed E-state index contributed by atoms with van der Waals surface area (Å²) in [5.41, 5.74) is -1.57. The van der Waals surface area contributed by atoms with Crippen molar-refractivity contribution in [2.75, 3.05) is 6.54 Å². The van der Waals surface area contributed by atoms with Crippen LogP contribution < -0.4 is 10.9 Å².